The average Bonchev–Trinajstić information content (AvgIpc) is 3.09. The highest BCUT2D eigenvalue weighted by atomic mass is 127. The molecule has 0 aromatic carbocycles. The molecule has 0 aliphatic heterocycles. The highest BCUT2D eigenvalue weighted by Gasteiger charge is 2.06. The molecule has 0 amide bonds. The van der Waals surface area contributed by atoms with E-state index in [1.54, 1.807) is 11.3 Å². The SMILES string of the molecule is CCNC(=NCc1csc(CC)n1)NCc1nc(C)c(C)o1.I. The molecule has 0 bridgehead atoms. The first kappa shape index (κ1) is 19.9. The number of aliphatic imine (C=N–C) groups is 1. The Morgan fingerprint density at radius 3 is 2.61 bits per heavy atom. The van der Waals surface area contributed by atoms with E-state index in [0.29, 0.717) is 19.0 Å². The Bertz CT molecular complexity index is 618. The third-order valence-corrected chi connectivity index (χ3v) is 4.17. The van der Waals surface area contributed by atoms with Crippen LogP contribution in [-0.4, -0.2) is 22.5 Å². The van der Waals surface area contributed by atoms with Gasteiger partial charge in [0.15, 0.2) is 5.96 Å². The van der Waals surface area contributed by atoms with E-state index in [2.05, 4.69) is 37.9 Å². The van der Waals surface area contributed by atoms with Crippen LogP contribution in [0.5, 0.6) is 0 Å². The average molecular weight is 449 g/mol. The number of rotatable bonds is 6. The van der Waals surface area contributed by atoms with Crippen LogP contribution >= 0.6 is 35.3 Å². The summed E-state index contributed by atoms with van der Waals surface area (Å²) in [5.41, 5.74) is 1.93. The third-order valence-electron chi connectivity index (χ3n) is 3.13. The lowest BCUT2D eigenvalue weighted by Gasteiger charge is -2.09. The van der Waals surface area contributed by atoms with Gasteiger partial charge in [0, 0.05) is 11.9 Å². The second-order valence-corrected chi connectivity index (χ2v) is 5.83. The summed E-state index contributed by atoms with van der Waals surface area (Å²) in [6.07, 6.45) is 0.968. The zero-order chi connectivity index (χ0) is 15.9. The first-order valence-corrected chi connectivity index (χ1v) is 8.38. The van der Waals surface area contributed by atoms with Gasteiger partial charge in [-0.25, -0.2) is 15.0 Å². The Hall–Kier alpha value is -1.16. The number of halogens is 1. The van der Waals surface area contributed by atoms with Gasteiger partial charge < -0.3 is 15.1 Å². The number of guanidine groups is 1. The molecule has 0 aliphatic rings. The summed E-state index contributed by atoms with van der Waals surface area (Å²) in [7, 11) is 0. The third kappa shape index (κ3) is 6.09. The molecule has 0 atom stereocenters. The second kappa shape index (κ2) is 9.86. The maximum atomic E-state index is 5.56. The van der Waals surface area contributed by atoms with Crippen molar-refractivity contribution in [3.8, 4) is 0 Å². The summed E-state index contributed by atoms with van der Waals surface area (Å²) in [6.45, 7) is 9.88. The number of nitrogens with one attached hydrogen (secondary N) is 2. The first-order valence-electron chi connectivity index (χ1n) is 7.50. The smallest absolute Gasteiger partial charge is 0.214 e. The Kier molecular flexibility index (Phi) is 8.53. The molecule has 6 nitrogen and oxygen atoms in total. The van der Waals surface area contributed by atoms with Crippen molar-refractivity contribution >= 4 is 41.3 Å². The summed E-state index contributed by atoms with van der Waals surface area (Å²) in [5, 5.41) is 9.65. The van der Waals surface area contributed by atoms with Crippen molar-refractivity contribution in [3.05, 3.63) is 33.4 Å². The van der Waals surface area contributed by atoms with Gasteiger partial charge in [-0.3, -0.25) is 0 Å². The lowest BCUT2D eigenvalue weighted by atomic mass is 10.4. The van der Waals surface area contributed by atoms with Gasteiger partial charge in [0.2, 0.25) is 5.89 Å². The molecule has 2 aromatic heterocycles. The predicted molar refractivity (Wildman–Crippen MR) is 105 cm³/mol. The van der Waals surface area contributed by atoms with Crippen molar-refractivity contribution in [3.63, 3.8) is 0 Å². The molecule has 2 heterocycles. The van der Waals surface area contributed by atoms with Gasteiger partial charge >= 0.3 is 0 Å². The van der Waals surface area contributed by atoms with Crippen molar-refractivity contribution in [2.75, 3.05) is 6.54 Å². The number of hydrogen-bond donors (Lipinski definition) is 2. The van der Waals surface area contributed by atoms with Crippen molar-refractivity contribution in [1.29, 1.82) is 0 Å². The van der Waals surface area contributed by atoms with Gasteiger partial charge in [0.25, 0.3) is 0 Å². The zero-order valence-corrected chi connectivity index (χ0v) is 17.1. The predicted octanol–water partition coefficient (Wildman–Crippen LogP) is 3.18. The number of hydrogen-bond acceptors (Lipinski definition) is 5. The van der Waals surface area contributed by atoms with Crippen LogP contribution in [0.1, 0.15) is 41.9 Å². The molecular weight excluding hydrogens is 425 g/mol. The van der Waals surface area contributed by atoms with Gasteiger partial charge in [-0.1, -0.05) is 6.92 Å². The number of nitrogens with zero attached hydrogens (tertiary/aromatic N) is 3. The highest BCUT2D eigenvalue weighted by Crippen LogP contribution is 2.11. The number of oxazole rings is 1. The maximum Gasteiger partial charge on any atom is 0.214 e. The Balaban J connectivity index is 0.00000264. The molecule has 23 heavy (non-hydrogen) atoms. The number of aromatic nitrogens is 2. The van der Waals surface area contributed by atoms with E-state index in [4.69, 9.17) is 4.42 Å². The largest absolute Gasteiger partial charge is 0.444 e. The monoisotopic (exact) mass is 449 g/mol. The van der Waals surface area contributed by atoms with Crippen LogP contribution in [0.15, 0.2) is 14.8 Å². The molecule has 0 fully saturated rings. The zero-order valence-electron chi connectivity index (χ0n) is 14.0. The highest BCUT2D eigenvalue weighted by molar-refractivity contribution is 14.0. The van der Waals surface area contributed by atoms with Crippen LogP contribution in [0.4, 0.5) is 0 Å². The summed E-state index contributed by atoms with van der Waals surface area (Å²) in [6, 6.07) is 0. The van der Waals surface area contributed by atoms with Gasteiger partial charge in [-0.15, -0.1) is 35.3 Å². The summed E-state index contributed by atoms with van der Waals surface area (Å²) >= 11 is 1.68. The second-order valence-electron chi connectivity index (χ2n) is 4.88. The lowest BCUT2D eigenvalue weighted by Crippen LogP contribution is -2.36. The fourth-order valence-corrected chi connectivity index (χ4v) is 2.60. The molecule has 0 aliphatic carbocycles. The molecule has 0 saturated heterocycles. The molecule has 0 unspecified atom stereocenters. The van der Waals surface area contributed by atoms with Gasteiger partial charge in [-0.2, -0.15) is 0 Å². The number of thiazole rings is 1. The molecule has 128 valence electrons. The van der Waals surface area contributed by atoms with E-state index in [1.807, 2.05) is 20.8 Å². The lowest BCUT2D eigenvalue weighted by molar-refractivity contribution is 0.463. The van der Waals surface area contributed by atoms with Crippen LogP contribution in [0, 0.1) is 13.8 Å². The maximum absolute atomic E-state index is 5.56. The normalized spacial score (nSPS) is 11.2. The van der Waals surface area contributed by atoms with Crippen molar-refractivity contribution in [1.82, 2.24) is 20.6 Å². The summed E-state index contributed by atoms with van der Waals surface area (Å²) in [4.78, 5) is 13.4. The molecule has 8 heteroatoms. The van der Waals surface area contributed by atoms with Gasteiger partial charge in [0.1, 0.15) is 5.76 Å². The van der Waals surface area contributed by atoms with Crippen LogP contribution in [0.3, 0.4) is 0 Å². The van der Waals surface area contributed by atoms with Gasteiger partial charge in [-0.05, 0) is 27.2 Å². The minimum absolute atomic E-state index is 0. The minimum atomic E-state index is 0. The standard InChI is InChI=1S/C15H23N5OS.HI/c1-5-14-20-12(9-22-14)7-17-15(16-6-2)18-8-13-19-10(3)11(4)21-13;/h9H,5-8H2,1-4H3,(H2,16,17,18);1H. The fraction of sp³-hybridized carbons (Fsp3) is 0.533. The molecule has 2 N–H and O–H groups in total. The molecule has 2 aromatic rings. The van der Waals surface area contributed by atoms with Crippen LogP contribution in [0.2, 0.25) is 0 Å². The molecule has 0 spiro atoms. The molecule has 0 radical (unpaired) electrons. The van der Waals surface area contributed by atoms with E-state index >= 15 is 0 Å². The Morgan fingerprint density at radius 2 is 2.04 bits per heavy atom. The van der Waals surface area contributed by atoms with Crippen LogP contribution < -0.4 is 10.6 Å². The van der Waals surface area contributed by atoms with Crippen LogP contribution in [-0.2, 0) is 19.5 Å². The van der Waals surface area contributed by atoms with E-state index in [0.717, 1.165) is 41.1 Å². The Morgan fingerprint density at radius 1 is 1.26 bits per heavy atom. The van der Waals surface area contributed by atoms with Crippen molar-refractivity contribution in [2.24, 2.45) is 4.99 Å². The van der Waals surface area contributed by atoms with Gasteiger partial charge in [0.05, 0.1) is 29.5 Å². The summed E-state index contributed by atoms with van der Waals surface area (Å²) in [5.74, 6) is 2.26. The number of aryl methyl sites for hydroxylation is 3. The topological polar surface area (TPSA) is 75.3 Å². The van der Waals surface area contributed by atoms with E-state index < -0.39 is 0 Å². The van der Waals surface area contributed by atoms with Crippen LogP contribution in [0.25, 0.3) is 0 Å². The van der Waals surface area contributed by atoms with Crippen molar-refractivity contribution in [2.45, 2.75) is 47.2 Å². The van der Waals surface area contributed by atoms with E-state index in [-0.39, 0.29) is 24.0 Å². The Labute approximate surface area is 158 Å². The van der Waals surface area contributed by atoms with E-state index in [1.165, 1.54) is 0 Å². The molecule has 2 rings (SSSR count). The minimum Gasteiger partial charge on any atom is -0.444 e. The first-order chi connectivity index (χ1) is 10.6. The fourth-order valence-electron chi connectivity index (χ4n) is 1.86. The van der Waals surface area contributed by atoms with Crippen molar-refractivity contribution < 1.29 is 4.42 Å². The molecular formula is C15H24IN5OS. The molecule has 0 saturated carbocycles. The van der Waals surface area contributed by atoms with E-state index in [9.17, 15) is 0 Å². The quantitative estimate of drug-likeness (QED) is 0.403. The summed E-state index contributed by atoms with van der Waals surface area (Å²) < 4.78 is 5.56.